The highest BCUT2D eigenvalue weighted by Crippen LogP contribution is 2.01. The van der Waals surface area contributed by atoms with Crippen molar-refractivity contribution in [2.45, 2.75) is 59.0 Å². The maximum Gasteiger partial charge on any atom is 0.317 e. The van der Waals surface area contributed by atoms with Gasteiger partial charge in [-0.15, -0.1) is 0 Å². The number of likely N-dealkylation sites (N-methyl/N-ethyl adjacent to an activating group) is 1. The lowest BCUT2D eigenvalue weighted by Crippen LogP contribution is -2.54. The first kappa shape index (κ1) is 61.3. The van der Waals surface area contributed by atoms with E-state index in [-0.39, 0.29) is 45.0 Å². The SMILES string of the molecule is CC.CCCCNC(=O)C(CO)NC(=O)CNC(=O)C(CO)NC(=O)CCNC(=O)CN1CCN(CC)CCN(CC=O)CCN(CC(=O)O)CC1.CO.CO.O=CO. The van der Waals surface area contributed by atoms with Crippen molar-refractivity contribution in [2.24, 2.45) is 0 Å². The number of unbranched alkanes of at least 4 members (excludes halogenated alkanes) is 1. The van der Waals surface area contributed by atoms with Gasteiger partial charge in [-0.25, -0.2) is 0 Å². The first-order chi connectivity index (χ1) is 28.4. The molecule has 1 fully saturated rings. The van der Waals surface area contributed by atoms with Crippen molar-refractivity contribution in [1.29, 1.82) is 0 Å². The molecule has 1 rings (SSSR count). The normalized spacial score (nSPS) is 14.8. The maximum absolute atomic E-state index is 12.8. The predicted octanol–water partition coefficient (Wildman–Crippen LogP) is -5.05. The molecule has 0 aliphatic carbocycles. The summed E-state index contributed by atoms with van der Waals surface area (Å²) in [6.07, 6.45) is 2.22. The van der Waals surface area contributed by atoms with Gasteiger partial charge >= 0.3 is 5.97 Å². The Hall–Kier alpha value is -4.36. The van der Waals surface area contributed by atoms with Crippen molar-refractivity contribution in [3.05, 3.63) is 0 Å². The third-order valence-electron chi connectivity index (χ3n) is 8.03. The van der Waals surface area contributed by atoms with E-state index in [0.29, 0.717) is 58.9 Å². The van der Waals surface area contributed by atoms with Gasteiger partial charge in [-0.1, -0.05) is 34.1 Å². The molecular weight excluding hydrogens is 782 g/mol. The van der Waals surface area contributed by atoms with Crippen LogP contribution in [0.2, 0.25) is 0 Å². The van der Waals surface area contributed by atoms with Gasteiger partial charge in [0.1, 0.15) is 18.4 Å². The molecule has 1 saturated heterocycles. The Bertz CT molecular complexity index is 1140. The average molecular weight is 856 g/mol. The van der Waals surface area contributed by atoms with E-state index < -0.39 is 61.4 Å². The minimum Gasteiger partial charge on any atom is -0.483 e. The molecule has 0 aromatic rings. The molecule has 346 valence electrons. The molecule has 0 aromatic heterocycles. The molecule has 0 saturated carbocycles. The van der Waals surface area contributed by atoms with Gasteiger partial charge < -0.3 is 66.9 Å². The molecule has 0 spiro atoms. The lowest BCUT2D eigenvalue weighted by Gasteiger charge is -2.32. The summed E-state index contributed by atoms with van der Waals surface area (Å²) in [4.78, 5) is 101. The van der Waals surface area contributed by atoms with Crippen LogP contribution in [0.15, 0.2) is 0 Å². The molecule has 0 aromatic carbocycles. The van der Waals surface area contributed by atoms with E-state index >= 15 is 0 Å². The van der Waals surface area contributed by atoms with Gasteiger partial charge in [0.25, 0.3) is 6.47 Å². The minimum atomic E-state index is -1.37. The number of nitrogens with zero attached hydrogens (tertiary/aromatic N) is 4. The first-order valence-electron chi connectivity index (χ1n) is 19.5. The number of nitrogens with one attached hydrogen (secondary N) is 5. The van der Waals surface area contributed by atoms with E-state index in [9.17, 15) is 48.9 Å². The van der Waals surface area contributed by atoms with Crippen LogP contribution < -0.4 is 26.6 Å². The van der Waals surface area contributed by atoms with Crippen molar-refractivity contribution in [3.63, 3.8) is 0 Å². The van der Waals surface area contributed by atoms with E-state index in [4.69, 9.17) is 20.1 Å². The molecule has 1 heterocycles. The van der Waals surface area contributed by atoms with E-state index in [1.807, 2.05) is 37.5 Å². The molecule has 23 nitrogen and oxygen atoms in total. The summed E-state index contributed by atoms with van der Waals surface area (Å²) in [7, 11) is 2.00. The van der Waals surface area contributed by atoms with Crippen molar-refractivity contribution in [1.82, 2.24) is 46.2 Å². The average Bonchev–Trinajstić information content (AvgIpc) is 3.23. The van der Waals surface area contributed by atoms with Crippen LogP contribution >= 0.6 is 0 Å². The second-order valence-electron chi connectivity index (χ2n) is 12.0. The fraction of sp³-hybridized carbons (Fsp3) is 0.778. The van der Waals surface area contributed by atoms with Gasteiger partial charge in [-0.2, -0.15) is 0 Å². The number of rotatable bonds is 21. The lowest BCUT2D eigenvalue weighted by molar-refractivity contribution is -0.138. The van der Waals surface area contributed by atoms with Crippen molar-refractivity contribution in [3.8, 4) is 0 Å². The van der Waals surface area contributed by atoms with Crippen molar-refractivity contribution in [2.75, 3.05) is 126 Å². The van der Waals surface area contributed by atoms with Gasteiger partial charge in [0, 0.05) is 86.1 Å². The minimum absolute atomic E-state index is 0.0125. The van der Waals surface area contributed by atoms with Crippen LogP contribution in [0.3, 0.4) is 0 Å². The Morgan fingerprint density at radius 1 is 0.627 bits per heavy atom. The number of carboxylic acid groups (broad SMARTS) is 2. The maximum atomic E-state index is 12.8. The number of aliphatic hydroxyl groups excluding tert-OH is 4. The van der Waals surface area contributed by atoms with Crippen LogP contribution in [0.5, 0.6) is 0 Å². The monoisotopic (exact) mass is 856 g/mol. The zero-order valence-electron chi connectivity index (χ0n) is 35.7. The molecule has 0 bridgehead atoms. The predicted molar refractivity (Wildman–Crippen MR) is 218 cm³/mol. The van der Waals surface area contributed by atoms with E-state index in [2.05, 4.69) is 31.5 Å². The van der Waals surface area contributed by atoms with Crippen LogP contribution in [0.25, 0.3) is 0 Å². The second-order valence-corrected chi connectivity index (χ2v) is 12.0. The Balaban J connectivity index is -0.00000155. The highest BCUT2D eigenvalue weighted by atomic mass is 16.4. The molecule has 2 atom stereocenters. The number of hydrogen-bond acceptors (Lipinski definition) is 16. The third-order valence-corrected chi connectivity index (χ3v) is 8.03. The van der Waals surface area contributed by atoms with E-state index in [1.54, 1.807) is 4.90 Å². The summed E-state index contributed by atoms with van der Waals surface area (Å²) in [6, 6.07) is -2.58. The van der Waals surface area contributed by atoms with Gasteiger partial charge in [0.05, 0.1) is 39.4 Å². The number of carbonyl (C=O) groups excluding carboxylic acids is 6. The number of aliphatic carboxylic acids is 1. The Labute approximate surface area is 347 Å². The quantitative estimate of drug-likeness (QED) is 0.0380. The summed E-state index contributed by atoms with van der Waals surface area (Å²) < 4.78 is 0. The number of carbonyl (C=O) groups is 8. The number of hydrogen-bond donors (Lipinski definition) is 11. The fourth-order valence-corrected chi connectivity index (χ4v) is 4.97. The smallest absolute Gasteiger partial charge is 0.317 e. The third kappa shape index (κ3) is 34.2. The second kappa shape index (κ2) is 43.2. The summed E-state index contributed by atoms with van der Waals surface area (Å²) in [5, 5.41) is 61.5. The molecule has 2 unspecified atom stereocenters. The zero-order chi connectivity index (χ0) is 46.0. The molecule has 59 heavy (non-hydrogen) atoms. The van der Waals surface area contributed by atoms with Crippen LogP contribution in [-0.4, -0.2) is 236 Å². The lowest BCUT2D eigenvalue weighted by atomic mass is 10.2. The first-order valence-corrected chi connectivity index (χ1v) is 19.5. The number of carboxylic acids is 1. The Morgan fingerprint density at radius 3 is 1.51 bits per heavy atom. The fourth-order valence-electron chi connectivity index (χ4n) is 4.97. The molecule has 23 heteroatoms. The molecule has 0 radical (unpaired) electrons. The molecular formula is C36H73N9O14. The summed E-state index contributed by atoms with van der Waals surface area (Å²) in [5.41, 5.74) is 0. The number of aldehydes is 1. The van der Waals surface area contributed by atoms with Gasteiger partial charge in [0.15, 0.2) is 0 Å². The highest BCUT2D eigenvalue weighted by molar-refractivity contribution is 5.92. The summed E-state index contributed by atoms with van der Waals surface area (Å²) in [6.45, 7) is 11.3. The Morgan fingerprint density at radius 2 is 1.07 bits per heavy atom. The van der Waals surface area contributed by atoms with Crippen LogP contribution in [0, 0.1) is 0 Å². The molecule has 1 aliphatic heterocycles. The van der Waals surface area contributed by atoms with E-state index in [1.165, 1.54) is 0 Å². The van der Waals surface area contributed by atoms with Crippen LogP contribution in [-0.2, 0) is 38.4 Å². The standard InChI is InChI=1S/C31H57N9O10.C2H6.CH2O2.2CH4O/c1-3-5-7-33-30(49)24(22-42)36-27(45)19-34-31(50)25(23-43)35-26(44)6-8-32-28(46)20-39-13-10-37(4-2)9-11-38(17-18-41)12-14-40(16-15-39)21-29(47)48;1-2;2-1-3;2*1-2/h18,24-25,42-43H,3-17,19-23H2,1-2H3,(H,32,46)(H,33,49)(H,34,50)(H,35,44)(H,36,45)(H,47,48);1-2H3;1H,(H,2,3);2*2H,1H3. The van der Waals surface area contributed by atoms with Crippen molar-refractivity contribution >= 4 is 48.3 Å². The zero-order valence-corrected chi connectivity index (χ0v) is 35.7. The van der Waals surface area contributed by atoms with Crippen molar-refractivity contribution < 1.29 is 69.0 Å². The van der Waals surface area contributed by atoms with Gasteiger partial charge in [0.2, 0.25) is 29.5 Å². The van der Waals surface area contributed by atoms with Gasteiger partial charge in [-0.3, -0.25) is 48.3 Å². The summed E-state index contributed by atoms with van der Waals surface area (Å²) >= 11 is 0. The molecule has 5 amide bonds. The van der Waals surface area contributed by atoms with E-state index in [0.717, 1.165) is 39.9 Å². The molecule has 11 N–H and O–H groups in total. The number of amides is 5. The largest absolute Gasteiger partial charge is 0.483 e. The van der Waals surface area contributed by atoms with Gasteiger partial charge in [-0.05, 0) is 13.0 Å². The Kier molecular flexibility index (Phi) is 44.9. The number of aliphatic hydroxyl groups is 4. The highest BCUT2D eigenvalue weighted by Gasteiger charge is 2.23. The topological polar surface area (TPSA) is 331 Å². The van der Waals surface area contributed by atoms with Crippen LogP contribution in [0.1, 0.15) is 47.0 Å². The summed E-state index contributed by atoms with van der Waals surface area (Å²) in [5.74, 6) is -4.13. The van der Waals surface area contributed by atoms with Crippen LogP contribution in [0.4, 0.5) is 0 Å². The molecule has 1 aliphatic rings.